The molecule has 1 N–H and O–H groups in total. The van der Waals surface area contributed by atoms with E-state index in [4.69, 9.17) is 0 Å². The smallest absolute Gasteiger partial charge is 0.137 e. The van der Waals surface area contributed by atoms with Crippen LogP contribution in [-0.2, 0) is 6.54 Å². The summed E-state index contributed by atoms with van der Waals surface area (Å²) in [6.45, 7) is 1.69. The third-order valence-electron chi connectivity index (χ3n) is 3.25. The van der Waals surface area contributed by atoms with Crippen LogP contribution in [0.3, 0.4) is 0 Å². The van der Waals surface area contributed by atoms with E-state index in [0.29, 0.717) is 10.4 Å². The summed E-state index contributed by atoms with van der Waals surface area (Å²) in [7, 11) is 2.03. The van der Waals surface area contributed by atoms with Crippen LogP contribution in [0.1, 0.15) is 18.4 Å². The van der Waals surface area contributed by atoms with E-state index in [1.165, 1.54) is 6.07 Å². The molecule has 2 rings (SSSR count). The van der Waals surface area contributed by atoms with Crippen molar-refractivity contribution in [1.29, 1.82) is 0 Å². The molecule has 17 heavy (non-hydrogen) atoms. The lowest BCUT2D eigenvalue weighted by Crippen LogP contribution is -2.36. The summed E-state index contributed by atoms with van der Waals surface area (Å²) < 4.78 is 13.9. The van der Waals surface area contributed by atoms with Gasteiger partial charge >= 0.3 is 0 Å². The number of rotatable bonds is 4. The molecule has 1 fully saturated rings. The van der Waals surface area contributed by atoms with Crippen molar-refractivity contribution in [3.05, 3.63) is 34.1 Å². The molecular weight excluding hydrogens is 285 g/mol. The molecule has 0 bridgehead atoms. The third-order valence-corrected chi connectivity index (χ3v) is 4.14. The second-order valence-electron chi connectivity index (χ2n) is 4.90. The normalized spacial score (nSPS) is 23.8. The van der Waals surface area contributed by atoms with Crippen molar-refractivity contribution < 1.29 is 9.50 Å². The van der Waals surface area contributed by atoms with Crippen LogP contribution in [0.5, 0.6) is 0 Å². The SMILES string of the molecule is CN(Cc1cccc(F)c1Br)CC1CC(O)C1. The van der Waals surface area contributed by atoms with E-state index in [1.807, 2.05) is 13.1 Å². The number of nitrogens with zero attached hydrogens (tertiary/aromatic N) is 1. The van der Waals surface area contributed by atoms with Gasteiger partial charge in [-0.15, -0.1) is 0 Å². The summed E-state index contributed by atoms with van der Waals surface area (Å²) in [5.41, 5.74) is 0.965. The van der Waals surface area contributed by atoms with E-state index in [-0.39, 0.29) is 11.9 Å². The molecular formula is C13H17BrFNO. The summed E-state index contributed by atoms with van der Waals surface area (Å²) in [6.07, 6.45) is 1.69. The molecule has 1 saturated carbocycles. The van der Waals surface area contributed by atoms with Gasteiger partial charge in [0, 0.05) is 13.1 Å². The van der Waals surface area contributed by atoms with Gasteiger partial charge in [0.2, 0.25) is 0 Å². The molecule has 0 spiro atoms. The van der Waals surface area contributed by atoms with Crippen molar-refractivity contribution in [2.75, 3.05) is 13.6 Å². The van der Waals surface area contributed by atoms with E-state index in [9.17, 15) is 9.50 Å². The van der Waals surface area contributed by atoms with Crippen LogP contribution < -0.4 is 0 Å². The fourth-order valence-corrected chi connectivity index (χ4v) is 2.71. The van der Waals surface area contributed by atoms with Crippen molar-refractivity contribution in [2.45, 2.75) is 25.5 Å². The summed E-state index contributed by atoms with van der Waals surface area (Å²) >= 11 is 3.27. The average Bonchev–Trinajstić information content (AvgIpc) is 2.23. The van der Waals surface area contributed by atoms with Gasteiger partial charge in [0.1, 0.15) is 5.82 Å². The molecule has 1 aliphatic rings. The van der Waals surface area contributed by atoms with E-state index < -0.39 is 0 Å². The summed E-state index contributed by atoms with van der Waals surface area (Å²) in [5.74, 6) is 0.373. The maximum absolute atomic E-state index is 13.3. The van der Waals surface area contributed by atoms with Crippen LogP contribution in [0.25, 0.3) is 0 Å². The fourth-order valence-electron chi connectivity index (χ4n) is 2.32. The molecule has 94 valence electrons. The monoisotopic (exact) mass is 301 g/mol. The minimum Gasteiger partial charge on any atom is -0.393 e. The van der Waals surface area contributed by atoms with Crippen LogP contribution >= 0.6 is 15.9 Å². The van der Waals surface area contributed by atoms with Gasteiger partial charge in [-0.2, -0.15) is 0 Å². The fraction of sp³-hybridized carbons (Fsp3) is 0.538. The number of hydrogen-bond acceptors (Lipinski definition) is 2. The van der Waals surface area contributed by atoms with Crippen molar-refractivity contribution in [3.63, 3.8) is 0 Å². The lowest BCUT2D eigenvalue weighted by Gasteiger charge is -2.34. The lowest BCUT2D eigenvalue weighted by molar-refractivity contribution is 0.0273. The first-order valence-electron chi connectivity index (χ1n) is 5.85. The highest BCUT2D eigenvalue weighted by Crippen LogP contribution is 2.28. The highest BCUT2D eigenvalue weighted by molar-refractivity contribution is 9.10. The maximum atomic E-state index is 13.3. The molecule has 0 amide bonds. The van der Waals surface area contributed by atoms with Crippen LogP contribution in [0.2, 0.25) is 0 Å². The Labute approximate surface area is 110 Å². The van der Waals surface area contributed by atoms with Gasteiger partial charge in [-0.05, 0) is 53.4 Å². The van der Waals surface area contributed by atoms with Crippen molar-refractivity contribution in [3.8, 4) is 0 Å². The van der Waals surface area contributed by atoms with Gasteiger partial charge in [0.15, 0.2) is 0 Å². The number of hydrogen-bond donors (Lipinski definition) is 1. The van der Waals surface area contributed by atoms with Gasteiger partial charge in [0.25, 0.3) is 0 Å². The highest BCUT2D eigenvalue weighted by atomic mass is 79.9. The summed E-state index contributed by atoms with van der Waals surface area (Å²) in [5, 5.41) is 9.23. The van der Waals surface area contributed by atoms with Gasteiger partial charge in [-0.25, -0.2) is 4.39 Å². The third kappa shape index (κ3) is 3.27. The van der Waals surface area contributed by atoms with Crippen molar-refractivity contribution in [1.82, 2.24) is 4.90 Å². The molecule has 0 atom stereocenters. The Morgan fingerprint density at radius 3 is 2.82 bits per heavy atom. The van der Waals surface area contributed by atoms with Gasteiger partial charge in [-0.3, -0.25) is 0 Å². The van der Waals surface area contributed by atoms with Crippen LogP contribution in [0.4, 0.5) is 4.39 Å². The van der Waals surface area contributed by atoms with Crippen molar-refractivity contribution >= 4 is 15.9 Å². The zero-order valence-corrected chi connectivity index (χ0v) is 11.5. The van der Waals surface area contributed by atoms with Gasteiger partial charge in [-0.1, -0.05) is 12.1 Å². The zero-order valence-electron chi connectivity index (χ0n) is 9.87. The van der Waals surface area contributed by atoms with Crippen LogP contribution in [-0.4, -0.2) is 29.7 Å². The highest BCUT2D eigenvalue weighted by Gasteiger charge is 2.27. The van der Waals surface area contributed by atoms with E-state index in [2.05, 4.69) is 20.8 Å². The van der Waals surface area contributed by atoms with E-state index >= 15 is 0 Å². The Morgan fingerprint density at radius 1 is 1.47 bits per heavy atom. The minimum absolute atomic E-state index is 0.102. The van der Waals surface area contributed by atoms with Crippen LogP contribution in [0.15, 0.2) is 22.7 Å². The Kier molecular flexibility index (Phi) is 4.17. The molecule has 0 saturated heterocycles. The zero-order chi connectivity index (χ0) is 12.4. The molecule has 0 heterocycles. The number of aliphatic hydroxyl groups is 1. The average molecular weight is 302 g/mol. The largest absolute Gasteiger partial charge is 0.393 e. The molecule has 1 aromatic carbocycles. The first kappa shape index (κ1) is 13.0. The molecule has 1 aromatic rings. The second-order valence-corrected chi connectivity index (χ2v) is 5.69. The van der Waals surface area contributed by atoms with Gasteiger partial charge < -0.3 is 10.0 Å². The first-order valence-corrected chi connectivity index (χ1v) is 6.65. The quantitative estimate of drug-likeness (QED) is 0.924. The van der Waals surface area contributed by atoms with E-state index in [1.54, 1.807) is 6.07 Å². The molecule has 0 radical (unpaired) electrons. The molecule has 4 heteroatoms. The number of benzene rings is 1. The molecule has 1 aliphatic carbocycles. The van der Waals surface area contributed by atoms with Gasteiger partial charge in [0.05, 0.1) is 10.6 Å². The Bertz CT molecular complexity index is 393. The Hall–Kier alpha value is -0.450. The number of aliphatic hydroxyl groups excluding tert-OH is 1. The van der Waals surface area contributed by atoms with Crippen LogP contribution in [0, 0.1) is 11.7 Å². The Morgan fingerprint density at radius 2 is 2.18 bits per heavy atom. The standard InChI is InChI=1S/C13H17BrFNO/c1-16(7-9-5-11(17)6-9)8-10-3-2-4-12(15)13(10)14/h2-4,9,11,17H,5-8H2,1H3. The summed E-state index contributed by atoms with van der Waals surface area (Å²) in [4.78, 5) is 2.18. The molecule has 0 aliphatic heterocycles. The summed E-state index contributed by atoms with van der Waals surface area (Å²) in [6, 6.07) is 5.12. The second kappa shape index (κ2) is 5.46. The van der Waals surface area contributed by atoms with E-state index in [0.717, 1.165) is 31.5 Å². The predicted molar refractivity (Wildman–Crippen MR) is 69.2 cm³/mol. The minimum atomic E-state index is -0.213. The molecule has 0 unspecified atom stereocenters. The maximum Gasteiger partial charge on any atom is 0.137 e. The number of halogens is 2. The topological polar surface area (TPSA) is 23.5 Å². The Balaban J connectivity index is 1.89. The lowest BCUT2D eigenvalue weighted by atomic mass is 9.82. The first-order chi connectivity index (χ1) is 8.06. The predicted octanol–water partition coefficient (Wildman–Crippen LogP) is 2.79. The molecule has 2 nitrogen and oxygen atoms in total. The molecule has 0 aromatic heterocycles. The van der Waals surface area contributed by atoms with Crippen molar-refractivity contribution in [2.24, 2.45) is 5.92 Å².